The molecule has 0 amide bonds. The van der Waals surface area contributed by atoms with Gasteiger partial charge in [-0.1, -0.05) is 225 Å². The topological polar surface area (TPSA) is 17.8 Å². The lowest BCUT2D eigenvalue weighted by atomic mass is 9.49. The molecule has 0 bridgehead atoms. The van der Waals surface area contributed by atoms with Crippen LogP contribution in [0.1, 0.15) is 63.3 Å². The Balaban J connectivity index is 0.922. The highest BCUT2D eigenvalue weighted by Gasteiger charge is 2.58. The number of aromatic nitrogens is 2. The van der Waals surface area contributed by atoms with Gasteiger partial charge in [-0.15, -0.1) is 0 Å². The Hall–Kier alpha value is -7.81. The van der Waals surface area contributed by atoms with Crippen LogP contribution in [0, 0.1) is 5.92 Å². The second-order valence-corrected chi connectivity index (χ2v) is 18.1. The molecule has 1 aromatic heterocycles. The van der Waals surface area contributed by atoms with Crippen molar-refractivity contribution >= 4 is 16.7 Å². The van der Waals surface area contributed by atoms with Crippen LogP contribution < -0.4 is 0 Å². The SMILES string of the molecule is C1=CCC(C2(c3ccc(-c4ccc(-c5nc6ccccc6n5C5=CCC(c6ccccc6)C=C5)cc4)cc3)c3ccccc3C3(c4ccccc4)c4ccccc4-c4cccc2c43)C=C1. The van der Waals surface area contributed by atoms with Crippen LogP contribution >= 0.6 is 0 Å². The van der Waals surface area contributed by atoms with Gasteiger partial charge in [0.2, 0.25) is 0 Å². The van der Waals surface area contributed by atoms with Crippen LogP contribution in [0.5, 0.6) is 0 Å². The van der Waals surface area contributed by atoms with Gasteiger partial charge in [0, 0.05) is 17.2 Å². The smallest absolute Gasteiger partial charge is 0.145 e. The van der Waals surface area contributed by atoms with Gasteiger partial charge in [-0.05, 0) is 104 Å². The third kappa shape index (κ3) is 5.50. The number of imidazole rings is 1. The van der Waals surface area contributed by atoms with E-state index in [0.29, 0.717) is 5.92 Å². The van der Waals surface area contributed by atoms with Crippen molar-refractivity contribution in [3.8, 4) is 33.6 Å². The first-order valence-electron chi connectivity index (χ1n) is 23.1. The molecule has 2 heteroatoms. The van der Waals surface area contributed by atoms with Crippen LogP contribution in [-0.4, -0.2) is 9.55 Å². The highest BCUT2D eigenvalue weighted by molar-refractivity contribution is 5.91. The minimum absolute atomic E-state index is 0.209. The number of fused-ring (bicyclic) bond motifs is 6. The fourth-order valence-electron chi connectivity index (χ4n) is 12.2. The summed E-state index contributed by atoms with van der Waals surface area (Å²) in [5.41, 5.74) is 19.5. The van der Waals surface area contributed by atoms with E-state index in [0.717, 1.165) is 41.0 Å². The zero-order valence-corrected chi connectivity index (χ0v) is 36.1. The maximum Gasteiger partial charge on any atom is 0.145 e. The second-order valence-electron chi connectivity index (χ2n) is 18.1. The highest BCUT2D eigenvalue weighted by Crippen LogP contribution is 2.66. The Morgan fingerprint density at radius 2 is 1.12 bits per heavy atom. The molecule has 0 fully saturated rings. The Morgan fingerprint density at radius 3 is 1.88 bits per heavy atom. The first-order valence-corrected chi connectivity index (χ1v) is 23.1. The molecule has 2 nitrogen and oxygen atoms in total. The predicted molar refractivity (Wildman–Crippen MR) is 268 cm³/mol. The molecule has 0 aliphatic heterocycles. The average molecular weight is 831 g/mol. The third-order valence-corrected chi connectivity index (χ3v) is 14.9. The quantitative estimate of drug-likeness (QED) is 0.156. The van der Waals surface area contributed by atoms with Crippen LogP contribution in [0.25, 0.3) is 50.4 Å². The number of para-hydroxylation sites is 2. The van der Waals surface area contributed by atoms with Crippen LogP contribution in [0.4, 0.5) is 0 Å². The first kappa shape index (κ1) is 37.7. The van der Waals surface area contributed by atoms with Gasteiger partial charge in [-0.2, -0.15) is 0 Å². The third-order valence-electron chi connectivity index (χ3n) is 14.9. The fraction of sp³-hybridized carbons (Fsp3) is 0.0952. The molecule has 4 aliphatic carbocycles. The van der Waals surface area contributed by atoms with E-state index in [1.54, 1.807) is 0 Å². The molecule has 1 heterocycles. The lowest BCUT2D eigenvalue weighted by Gasteiger charge is -2.52. The standard InChI is InChI=1S/C63H46N2/c1-4-17-43(18-5-1)46-37-41-51(42-38-46)65-59-30-15-14-29-58(59)64-61(65)47-33-31-44(32-34-47)45-35-39-50(40-36-45)62(48-19-6-2-7-20-48)55-26-12-13-27-56(55)63(49-21-8-3-9-22-49)54-25-11-10-23-52(54)53-24-16-28-57(62)60(53)63/h1-19,21-37,39-42,46,48H,20,38H2. The van der Waals surface area contributed by atoms with Gasteiger partial charge in [-0.25, -0.2) is 4.98 Å². The molecular formula is C63H46N2. The van der Waals surface area contributed by atoms with Gasteiger partial charge < -0.3 is 0 Å². The van der Waals surface area contributed by atoms with Gasteiger partial charge in [0.1, 0.15) is 5.82 Å². The first-order chi connectivity index (χ1) is 32.2. The fourth-order valence-corrected chi connectivity index (χ4v) is 12.2. The van der Waals surface area contributed by atoms with Gasteiger partial charge in [-0.3, -0.25) is 4.57 Å². The minimum Gasteiger partial charge on any atom is -0.293 e. The number of benzene rings is 8. The zero-order chi connectivity index (χ0) is 43.0. The second kappa shape index (κ2) is 14.9. The summed E-state index contributed by atoms with van der Waals surface area (Å²) in [5, 5.41) is 0. The van der Waals surface area contributed by atoms with E-state index in [4.69, 9.17) is 4.98 Å². The van der Waals surface area contributed by atoms with Crippen molar-refractivity contribution in [1.29, 1.82) is 0 Å². The van der Waals surface area contributed by atoms with E-state index in [1.807, 2.05) is 0 Å². The van der Waals surface area contributed by atoms with E-state index < -0.39 is 10.8 Å². The van der Waals surface area contributed by atoms with Crippen LogP contribution in [0.3, 0.4) is 0 Å². The minimum atomic E-state index is -0.436. The lowest BCUT2D eigenvalue weighted by molar-refractivity contribution is 0.424. The van der Waals surface area contributed by atoms with E-state index >= 15 is 0 Å². The molecule has 0 spiro atoms. The molecular weight excluding hydrogens is 785 g/mol. The maximum atomic E-state index is 5.22. The van der Waals surface area contributed by atoms with Gasteiger partial charge >= 0.3 is 0 Å². The Kier molecular flexibility index (Phi) is 8.64. The van der Waals surface area contributed by atoms with Gasteiger partial charge in [0.25, 0.3) is 0 Å². The molecule has 4 unspecified atom stereocenters. The van der Waals surface area contributed by atoms with Crippen molar-refractivity contribution in [2.24, 2.45) is 5.92 Å². The number of rotatable bonds is 7. The lowest BCUT2D eigenvalue weighted by Crippen LogP contribution is -2.47. The van der Waals surface area contributed by atoms with Crippen molar-refractivity contribution in [3.05, 3.63) is 287 Å². The Morgan fingerprint density at radius 1 is 0.477 bits per heavy atom. The molecule has 13 rings (SSSR count). The summed E-state index contributed by atoms with van der Waals surface area (Å²) < 4.78 is 2.33. The normalized spacial score (nSPS) is 21.1. The number of hydrogen-bond donors (Lipinski definition) is 0. The van der Waals surface area contributed by atoms with Crippen molar-refractivity contribution < 1.29 is 0 Å². The summed E-state index contributed by atoms with van der Waals surface area (Å²) in [4.78, 5) is 5.22. The molecule has 0 radical (unpaired) electrons. The van der Waals surface area contributed by atoms with E-state index in [2.05, 4.69) is 247 Å². The molecule has 0 saturated carbocycles. The molecule has 0 N–H and O–H groups in total. The molecule has 65 heavy (non-hydrogen) atoms. The van der Waals surface area contributed by atoms with Crippen molar-refractivity contribution in [2.75, 3.05) is 0 Å². The molecule has 308 valence electrons. The summed E-state index contributed by atoms with van der Waals surface area (Å²) in [5.74, 6) is 1.54. The number of allylic oxidation sites excluding steroid dienone is 8. The molecule has 9 aromatic rings. The Labute approximate surface area is 380 Å². The van der Waals surface area contributed by atoms with Gasteiger partial charge in [0.05, 0.1) is 21.9 Å². The van der Waals surface area contributed by atoms with Gasteiger partial charge in [0.15, 0.2) is 0 Å². The van der Waals surface area contributed by atoms with Crippen molar-refractivity contribution in [3.63, 3.8) is 0 Å². The molecule has 4 aliphatic rings. The van der Waals surface area contributed by atoms with E-state index in [1.165, 1.54) is 66.8 Å². The average Bonchev–Trinajstić information content (AvgIpc) is 3.93. The van der Waals surface area contributed by atoms with Crippen LogP contribution in [0.2, 0.25) is 0 Å². The molecule has 0 saturated heterocycles. The summed E-state index contributed by atoms with van der Waals surface area (Å²) in [7, 11) is 0. The van der Waals surface area contributed by atoms with E-state index in [9.17, 15) is 0 Å². The van der Waals surface area contributed by atoms with Crippen LogP contribution in [0.15, 0.2) is 243 Å². The number of nitrogens with zero attached hydrogens (tertiary/aromatic N) is 2. The highest BCUT2D eigenvalue weighted by atomic mass is 15.1. The Bertz CT molecular complexity index is 3420. The zero-order valence-electron chi connectivity index (χ0n) is 36.1. The molecule has 4 atom stereocenters. The monoisotopic (exact) mass is 830 g/mol. The maximum absolute atomic E-state index is 5.22. The van der Waals surface area contributed by atoms with E-state index in [-0.39, 0.29) is 5.92 Å². The summed E-state index contributed by atoms with van der Waals surface area (Å²) in [6, 6.07) is 74.7. The molecule has 8 aromatic carbocycles. The largest absolute Gasteiger partial charge is 0.293 e. The van der Waals surface area contributed by atoms with Crippen molar-refractivity contribution in [1.82, 2.24) is 9.55 Å². The predicted octanol–water partition coefficient (Wildman–Crippen LogP) is 15.1. The summed E-state index contributed by atoms with van der Waals surface area (Å²) >= 11 is 0. The number of hydrogen-bond acceptors (Lipinski definition) is 1. The summed E-state index contributed by atoms with van der Waals surface area (Å²) in [6.07, 6.45) is 18.2. The van der Waals surface area contributed by atoms with Crippen LogP contribution in [-0.2, 0) is 10.8 Å². The summed E-state index contributed by atoms with van der Waals surface area (Å²) in [6.45, 7) is 0. The van der Waals surface area contributed by atoms with Crippen molar-refractivity contribution in [2.45, 2.75) is 29.6 Å².